The van der Waals surface area contributed by atoms with E-state index in [1.54, 1.807) is 0 Å². The molecule has 0 radical (unpaired) electrons. The van der Waals surface area contributed by atoms with Gasteiger partial charge in [0.1, 0.15) is 0 Å². The third-order valence-electron chi connectivity index (χ3n) is 0.927. The van der Waals surface area contributed by atoms with Crippen LogP contribution in [-0.4, -0.2) is 21.8 Å². The third kappa shape index (κ3) is 2.21. The Morgan fingerprint density at radius 2 is 2.00 bits per heavy atom. The molecule has 1 aromatic carbocycles. The van der Waals surface area contributed by atoms with E-state index in [1.165, 1.54) is 0 Å². The van der Waals surface area contributed by atoms with E-state index in [0.29, 0.717) is 6.47 Å². The zero-order chi connectivity index (χ0) is 7.23. The Hall–Kier alpha value is -0.791. The molecule has 0 bridgehead atoms. The van der Waals surface area contributed by atoms with Crippen LogP contribution in [0.2, 0.25) is 0 Å². The summed E-state index contributed by atoms with van der Waals surface area (Å²) >= 11 is -0.150. The molecule has 0 atom stereocenters. The van der Waals surface area contributed by atoms with Gasteiger partial charge in [0.15, 0.2) is 0 Å². The molecule has 0 aliphatic heterocycles. The molecule has 0 fully saturated rings. The van der Waals surface area contributed by atoms with Gasteiger partial charge in [-0.3, -0.25) is 0 Å². The van der Waals surface area contributed by atoms with Crippen LogP contribution < -0.4 is 4.46 Å². The minimum absolute atomic E-state index is 0.150. The molecule has 1 aromatic rings. The van der Waals surface area contributed by atoms with E-state index in [0.717, 1.165) is 4.46 Å². The Morgan fingerprint density at radius 3 is 2.60 bits per heavy atom. The molecule has 0 spiro atoms. The van der Waals surface area contributed by atoms with Crippen molar-refractivity contribution in [3.63, 3.8) is 0 Å². The van der Waals surface area contributed by atoms with Crippen LogP contribution in [0.5, 0.6) is 0 Å². The fraction of sp³-hybridized carbons (Fsp3) is 0. The molecule has 0 heterocycles. The number of hydrogen-bond donors (Lipinski definition) is 0. The summed E-state index contributed by atoms with van der Waals surface area (Å²) in [7, 11) is 0. The molecule has 0 aliphatic carbocycles. The van der Waals surface area contributed by atoms with Gasteiger partial charge in [0, 0.05) is 0 Å². The average Bonchev–Trinajstić information content (AvgIpc) is 2.03. The maximum absolute atomic E-state index is 9.77. The number of carbonyl (C=O) groups is 1. The summed E-state index contributed by atoms with van der Waals surface area (Å²) in [5.41, 5.74) is 0. The van der Waals surface area contributed by atoms with E-state index in [2.05, 4.69) is 3.82 Å². The Balaban J connectivity index is 2.50. The summed E-state index contributed by atoms with van der Waals surface area (Å²) in [4.78, 5) is 9.77. The van der Waals surface area contributed by atoms with Crippen LogP contribution in [0.25, 0.3) is 0 Å². The summed E-state index contributed by atoms with van der Waals surface area (Å²) in [6.45, 7) is 0.479. The fourth-order valence-electron chi connectivity index (χ4n) is 0.551. The minimum atomic E-state index is -0.150. The molecule has 10 heavy (non-hydrogen) atoms. The first-order valence-corrected chi connectivity index (χ1v) is 4.31. The number of hydrogen-bond acceptors (Lipinski definition) is 2. The summed E-state index contributed by atoms with van der Waals surface area (Å²) in [5.74, 6) is 0. The summed E-state index contributed by atoms with van der Waals surface area (Å²) < 4.78 is 5.67. The van der Waals surface area contributed by atoms with Crippen LogP contribution in [0.15, 0.2) is 30.3 Å². The van der Waals surface area contributed by atoms with E-state index in [1.807, 2.05) is 30.3 Å². The van der Waals surface area contributed by atoms with E-state index in [9.17, 15) is 4.79 Å². The topological polar surface area (TPSA) is 26.3 Å². The van der Waals surface area contributed by atoms with Crippen molar-refractivity contribution >= 4 is 26.2 Å². The second kappa shape index (κ2) is 4.09. The summed E-state index contributed by atoms with van der Waals surface area (Å²) in [6, 6.07) is 9.64. The van der Waals surface area contributed by atoms with Gasteiger partial charge < -0.3 is 0 Å². The summed E-state index contributed by atoms with van der Waals surface area (Å²) in [5, 5.41) is 0. The van der Waals surface area contributed by atoms with Crippen molar-refractivity contribution in [1.29, 1.82) is 0 Å². The molecule has 3 heteroatoms. The first-order valence-electron chi connectivity index (χ1n) is 2.75. The zero-order valence-electron chi connectivity index (χ0n) is 5.19. The molecule has 0 aliphatic rings. The van der Waals surface area contributed by atoms with Gasteiger partial charge in [-0.2, -0.15) is 0 Å². The molecule has 52 valence electrons. The van der Waals surface area contributed by atoms with Crippen LogP contribution >= 0.6 is 0 Å². The van der Waals surface area contributed by atoms with Gasteiger partial charge in [0.2, 0.25) is 0 Å². The van der Waals surface area contributed by atoms with E-state index in [-0.39, 0.29) is 15.3 Å². The van der Waals surface area contributed by atoms with Crippen LogP contribution in [-0.2, 0) is 8.61 Å². The Kier molecular flexibility index (Phi) is 3.00. The Labute approximate surface area is 65.7 Å². The molecular formula is C7H6O2Se. The van der Waals surface area contributed by atoms with Crippen LogP contribution in [0, 0.1) is 0 Å². The molecule has 0 N–H and O–H groups in total. The first-order chi connectivity index (χ1) is 4.93. The average molecular weight is 201 g/mol. The van der Waals surface area contributed by atoms with Crippen molar-refractivity contribution in [3.05, 3.63) is 30.3 Å². The molecule has 0 unspecified atom stereocenters. The molecule has 0 aromatic heterocycles. The van der Waals surface area contributed by atoms with E-state index < -0.39 is 0 Å². The zero-order valence-corrected chi connectivity index (χ0v) is 6.90. The van der Waals surface area contributed by atoms with E-state index in [4.69, 9.17) is 0 Å². The SMILES string of the molecule is O=CO[Se]c1ccccc1. The van der Waals surface area contributed by atoms with Gasteiger partial charge in [-0.15, -0.1) is 0 Å². The van der Waals surface area contributed by atoms with Crippen molar-refractivity contribution in [1.82, 2.24) is 0 Å². The van der Waals surface area contributed by atoms with Crippen LogP contribution in [0.4, 0.5) is 0 Å². The predicted octanol–water partition coefficient (Wildman–Crippen LogP) is 0.104. The van der Waals surface area contributed by atoms with Crippen LogP contribution in [0.3, 0.4) is 0 Å². The molecular weight excluding hydrogens is 195 g/mol. The first kappa shape index (κ1) is 7.32. The Morgan fingerprint density at radius 1 is 1.30 bits per heavy atom. The van der Waals surface area contributed by atoms with Crippen molar-refractivity contribution in [3.8, 4) is 0 Å². The van der Waals surface area contributed by atoms with Gasteiger partial charge >= 0.3 is 65.2 Å². The van der Waals surface area contributed by atoms with E-state index >= 15 is 0 Å². The quantitative estimate of drug-likeness (QED) is 0.512. The third-order valence-corrected chi connectivity index (χ3v) is 2.27. The van der Waals surface area contributed by atoms with Gasteiger partial charge in [0.25, 0.3) is 0 Å². The number of carbonyl (C=O) groups excluding carboxylic acids is 1. The maximum atomic E-state index is 9.77. The van der Waals surface area contributed by atoms with Crippen molar-refractivity contribution < 1.29 is 8.61 Å². The monoisotopic (exact) mass is 202 g/mol. The second-order valence-corrected chi connectivity index (χ2v) is 3.33. The number of benzene rings is 1. The standard InChI is InChI=1S/C7H6O2Se/c8-6-9-10-7-4-2-1-3-5-7/h1-6H. The number of rotatable bonds is 3. The molecule has 2 nitrogen and oxygen atoms in total. The van der Waals surface area contributed by atoms with Gasteiger partial charge in [-0.05, 0) is 0 Å². The molecule has 0 amide bonds. The Bertz CT molecular complexity index is 198. The molecule has 1 rings (SSSR count). The van der Waals surface area contributed by atoms with Crippen molar-refractivity contribution in [2.24, 2.45) is 0 Å². The van der Waals surface area contributed by atoms with Gasteiger partial charge in [-0.25, -0.2) is 0 Å². The van der Waals surface area contributed by atoms with Gasteiger partial charge in [0.05, 0.1) is 0 Å². The molecule has 0 saturated carbocycles. The fourth-order valence-corrected chi connectivity index (χ4v) is 1.43. The van der Waals surface area contributed by atoms with Crippen molar-refractivity contribution in [2.75, 3.05) is 0 Å². The second-order valence-electron chi connectivity index (χ2n) is 1.59. The normalized spacial score (nSPS) is 8.80. The molecule has 0 saturated heterocycles. The van der Waals surface area contributed by atoms with Crippen LogP contribution in [0.1, 0.15) is 0 Å². The summed E-state index contributed by atoms with van der Waals surface area (Å²) in [6.07, 6.45) is 0. The predicted molar refractivity (Wildman–Crippen MR) is 39.0 cm³/mol. The van der Waals surface area contributed by atoms with Crippen molar-refractivity contribution in [2.45, 2.75) is 0 Å². The van der Waals surface area contributed by atoms with Gasteiger partial charge in [-0.1, -0.05) is 0 Å².